The third-order valence-corrected chi connectivity index (χ3v) is 5.13. The highest BCUT2D eigenvalue weighted by Crippen LogP contribution is 2.32. The van der Waals surface area contributed by atoms with Crippen LogP contribution < -0.4 is 5.73 Å². The van der Waals surface area contributed by atoms with Gasteiger partial charge in [-0.25, -0.2) is 0 Å². The van der Waals surface area contributed by atoms with Gasteiger partial charge in [0.25, 0.3) is 0 Å². The molecule has 0 unspecified atom stereocenters. The molecule has 0 saturated carbocycles. The average molecular weight is 498 g/mol. The van der Waals surface area contributed by atoms with Crippen LogP contribution in [0.4, 0.5) is 5.69 Å². The Labute approximate surface area is 151 Å². The molecular weight excluding hydrogens is 486 g/mol. The van der Waals surface area contributed by atoms with Gasteiger partial charge in [-0.3, -0.25) is 4.98 Å². The maximum Gasteiger partial charge on any atom is 0.0733 e. The molecule has 4 heteroatoms. The van der Waals surface area contributed by atoms with Gasteiger partial charge in [-0.05, 0) is 68.9 Å². The number of nitrogens with zero attached hydrogens (tertiary/aromatic N) is 1. The van der Waals surface area contributed by atoms with Gasteiger partial charge in [-0.2, -0.15) is 0 Å². The van der Waals surface area contributed by atoms with Gasteiger partial charge in [0.1, 0.15) is 0 Å². The van der Waals surface area contributed by atoms with Crippen LogP contribution in [-0.2, 0) is 0 Å². The Morgan fingerprint density at radius 1 is 0.762 bits per heavy atom. The summed E-state index contributed by atoms with van der Waals surface area (Å²) in [6.07, 6.45) is 1.87. The van der Waals surface area contributed by atoms with Gasteiger partial charge in [-0.1, -0.05) is 36.4 Å². The van der Waals surface area contributed by atoms with E-state index in [0.717, 1.165) is 28.1 Å². The first-order valence-corrected chi connectivity index (χ1v) is 8.58. The van der Waals surface area contributed by atoms with E-state index < -0.39 is 0 Å². The minimum Gasteiger partial charge on any atom is -0.398 e. The third kappa shape index (κ3) is 3.06. The highest BCUT2D eigenvalue weighted by atomic mass is 127. The predicted molar refractivity (Wildman–Crippen MR) is 105 cm³/mol. The Kier molecular flexibility index (Phi) is 4.44. The summed E-state index contributed by atoms with van der Waals surface area (Å²) in [6, 6.07) is 18.3. The first-order chi connectivity index (χ1) is 10.2. The minimum absolute atomic E-state index is 0.753. The number of hydrogen-bond donors (Lipinski definition) is 1. The number of hydrogen-bond acceptors (Lipinski definition) is 2. The normalized spacial score (nSPS) is 10.6. The van der Waals surface area contributed by atoms with Gasteiger partial charge in [0.15, 0.2) is 0 Å². The van der Waals surface area contributed by atoms with Crippen molar-refractivity contribution in [3.05, 3.63) is 67.9 Å². The molecule has 0 bridgehead atoms. The predicted octanol–water partition coefficient (Wildman–Crippen LogP) is 5.21. The van der Waals surface area contributed by atoms with Crippen LogP contribution >= 0.6 is 45.2 Å². The molecule has 0 fully saturated rings. The van der Waals surface area contributed by atoms with Gasteiger partial charge in [-0.15, -0.1) is 0 Å². The second-order valence-corrected chi connectivity index (χ2v) is 6.94. The Morgan fingerprint density at radius 3 is 1.90 bits per heavy atom. The van der Waals surface area contributed by atoms with Crippen molar-refractivity contribution >= 4 is 50.9 Å². The number of benzene rings is 2. The molecule has 104 valence electrons. The zero-order valence-corrected chi connectivity index (χ0v) is 15.4. The van der Waals surface area contributed by atoms with E-state index in [9.17, 15) is 0 Å². The second-order valence-electron chi connectivity index (χ2n) is 4.62. The van der Waals surface area contributed by atoms with Crippen molar-refractivity contribution in [2.24, 2.45) is 0 Å². The van der Waals surface area contributed by atoms with Crippen molar-refractivity contribution in [3.63, 3.8) is 0 Å². The molecular formula is C17H12I2N2. The number of nitrogen functional groups attached to an aromatic ring is 1. The summed E-state index contributed by atoms with van der Waals surface area (Å²) in [4.78, 5) is 4.60. The van der Waals surface area contributed by atoms with Crippen molar-refractivity contribution in [3.8, 4) is 22.4 Å². The first-order valence-electron chi connectivity index (χ1n) is 6.42. The molecule has 3 rings (SSSR count). The second kappa shape index (κ2) is 6.31. The van der Waals surface area contributed by atoms with Crippen LogP contribution in [0, 0.1) is 7.14 Å². The van der Waals surface area contributed by atoms with Gasteiger partial charge >= 0.3 is 0 Å². The summed E-state index contributed by atoms with van der Waals surface area (Å²) >= 11 is 4.64. The summed E-state index contributed by atoms with van der Waals surface area (Å²) in [6.45, 7) is 0. The van der Waals surface area contributed by atoms with Crippen LogP contribution in [0.25, 0.3) is 22.4 Å². The Bertz CT molecular complexity index is 800. The van der Waals surface area contributed by atoms with Crippen LogP contribution in [0.15, 0.2) is 60.8 Å². The molecule has 0 saturated heterocycles. The lowest BCUT2D eigenvalue weighted by Crippen LogP contribution is -1.95. The molecule has 0 atom stereocenters. The number of pyridine rings is 1. The highest BCUT2D eigenvalue weighted by molar-refractivity contribution is 14.1. The molecule has 2 aromatic carbocycles. The van der Waals surface area contributed by atoms with Crippen LogP contribution in [0.2, 0.25) is 0 Å². The first kappa shape index (κ1) is 14.8. The van der Waals surface area contributed by atoms with Crippen LogP contribution in [0.1, 0.15) is 0 Å². The zero-order chi connectivity index (χ0) is 14.8. The fourth-order valence-electron chi connectivity index (χ4n) is 2.19. The molecule has 1 aromatic heterocycles. The van der Waals surface area contributed by atoms with E-state index in [0.29, 0.717) is 0 Å². The van der Waals surface area contributed by atoms with Gasteiger partial charge in [0.2, 0.25) is 0 Å². The number of anilines is 1. The Hall–Kier alpha value is -1.15. The quantitative estimate of drug-likeness (QED) is 0.494. The van der Waals surface area contributed by atoms with Crippen LogP contribution in [0.3, 0.4) is 0 Å². The summed E-state index contributed by atoms with van der Waals surface area (Å²) in [5.41, 5.74) is 11.1. The number of rotatable bonds is 2. The molecule has 0 aliphatic carbocycles. The third-order valence-electron chi connectivity index (χ3n) is 3.25. The topological polar surface area (TPSA) is 38.9 Å². The molecule has 21 heavy (non-hydrogen) atoms. The lowest BCUT2D eigenvalue weighted by atomic mass is 10.0. The Balaban J connectivity index is 2.09. The van der Waals surface area contributed by atoms with E-state index in [1.807, 2.05) is 36.5 Å². The average Bonchev–Trinajstić information content (AvgIpc) is 2.49. The number of halogens is 2. The highest BCUT2D eigenvalue weighted by Gasteiger charge is 2.10. The molecule has 0 radical (unpaired) electrons. The number of aromatic nitrogens is 1. The smallest absolute Gasteiger partial charge is 0.0733 e. The Morgan fingerprint density at radius 2 is 1.33 bits per heavy atom. The van der Waals surface area contributed by atoms with Crippen LogP contribution in [0.5, 0.6) is 0 Å². The fraction of sp³-hybridized carbons (Fsp3) is 0. The molecule has 0 amide bonds. The maximum absolute atomic E-state index is 6.26. The molecule has 2 N–H and O–H groups in total. The summed E-state index contributed by atoms with van der Waals surface area (Å²) in [5, 5.41) is 0. The molecule has 3 aromatic rings. The van der Waals surface area contributed by atoms with Crippen molar-refractivity contribution in [2.45, 2.75) is 0 Å². The van der Waals surface area contributed by atoms with Crippen molar-refractivity contribution < 1.29 is 0 Å². The molecule has 1 heterocycles. The van der Waals surface area contributed by atoms with E-state index in [2.05, 4.69) is 74.4 Å². The molecule has 0 aliphatic heterocycles. The SMILES string of the molecule is Nc1cc(-c2ccccc2I)ncc1-c1ccccc1I. The van der Waals surface area contributed by atoms with Crippen molar-refractivity contribution in [1.29, 1.82) is 0 Å². The van der Waals surface area contributed by atoms with E-state index in [4.69, 9.17) is 5.73 Å². The van der Waals surface area contributed by atoms with E-state index >= 15 is 0 Å². The lowest BCUT2D eigenvalue weighted by molar-refractivity contribution is 1.32. The standard InChI is InChI=1S/C17H12I2N2/c18-14-7-3-1-5-11(14)13-10-21-17(9-16(13)20)12-6-2-4-8-15(12)19/h1-10H,(H2,20,21). The molecule has 0 aliphatic rings. The monoisotopic (exact) mass is 498 g/mol. The van der Waals surface area contributed by atoms with Crippen LogP contribution in [-0.4, -0.2) is 4.98 Å². The fourth-order valence-corrected chi connectivity index (χ4v) is 3.53. The maximum atomic E-state index is 6.26. The van der Waals surface area contributed by atoms with Gasteiger partial charge in [0, 0.05) is 30.2 Å². The molecule has 0 spiro atoms. The van der Waals surface area contributed by atoms with Gasteiger partial charge in [0.05, 0.1) is 5.69 Å². The largest absolute Gasteiger partial charge is 0.398 e. The lowest BCUT2D eigenvalue weighted by Gasteiger charge is -2.10. The van der Waals surface area contributed by atoms with E-state index in [-0.39, 0.29) is 0 Å². The summed E-state index contributed by atoms with van der Waals surface area (Å²) in [7, 11) is 0. The molecule has 2 nitrogen and oxygen atoms in total. The zero-order valence-electron chi connectivity index (χ0n) is 11.1. The van der Waals surface area contributed by atoms with Crippen molar-refractivity contribution in [2.75, 3.05) is 5.73 Å². The van der Waals surface area contributed by atoms with Crippen molar-refractivity contribution in [1.82, 2.24) is 4.98 Å². The van der Waals surface area contributed by atoms with Gasteiger partial charge < -0.3 is 5.73 Å². The van der Waals surface area contributed by atoms with E-state index in [1.165, 1.54) is 7.14 Å². The summed E-state index contributed by atoms with van der Waals surface area (Å²) in [5.74, 6) is 0. The minimum atomic E-state index is 0.753. The van der Waals surface area contributed by atoms with E-state index in [1.54, 1.807) is 0 Å². The number of nitrogens with two attached hydrogens (primary N) is 1. The summed E-state index contributed by atoms with van der Waals surface area (Å²) < 4.78 is 2.34.